The second-order valence-corrected chi connectivity index (χ2v) is 3.92. The van der Waals surface area contributed by atoms with Crippen LogP contribution in [0, 0.1) is 11.8 Å². The number of hydrogen-bond acceptors (Lipinski definition) is 1. The molecule has 0 amide bonds. The molecule has 0 aromatic carbocycles. The highest BCUT2D eigenvalue weighted by Crippen LogP contribution is 2.51. The average molecular weight is 157 g/mol. The number of nitrogens with one attached hydrogen (secondary N) is 1. The van der Waals surface area contributed by atoms with Crippen LogP contribution in [0.15, 0.2) is 0 Å². The van der Waals surface area contributed by atoms with Gasteiger partial charge in [0.2, 0.25) is 0 Å². The van der Waals surface area contributed by atoms with Crippen LogP contribution < -0.4 is 5.32 Å². The van der Waals surface area contributed by atoms with Gasteiger partial charge in [-0.05, 0) is 44.1 Å². The fraction of sp³-hybridized carbons (Fsp3) is 1.00. The van der Waals surface area contributed by atoms with Crippen LogP contribution in [-0.2, 0) is 0 Å². The van der Waals surface area contributed by atoms with E-state index in [1.807, 2.05) is 0 Å². The average Bonchev–Trinajstić information content (AvgIpc) is 2.61. The molecule has 2 aliphatic rings. The molecule has 11 heavy (non-hydrogen) atoms. The second kappa shape index (κ2) is 3.10. The third kappa shape index (κ3) is 1.73. The number of hydrogen-bond donors (Lipinski definition) is 1. The lowest BCUT2D eigenvalue weighted by Crippen LogP contribution is -2.28. The van der Waals surface area contributed by atoms with Crippen molar-refractivity contribution in [3.63, 3.8) is 0 Å². The van der Waals surface area contributed by atoms with Gasteiger partial charge in [-0.25, -0.2) is 0 Å². The molecule has 64 valence electrons. The van der Waals surface area contributed by atoms with E-state index in [-0.39, 0.29) is 6.67 Å². The van der Waals surface area contributed by atoms with Crippen molar-refractivity contribution in [1.82, 2.24) is 5.32 Å². The molecule has 2 fully saturated rings. The first-order valence-corrected chi connectivity index (χ1v) is 4.69. The van der Waals surface area contributed by atoms with Crippen molar-refractivity contribution in [2.75, 3.05) is 13.2 Å². The molecule has 0 aromatic rings. The minimum Gasteiger partial charge on any atom is -0.314 e. The molecule has 2 atom stereocenters. The van der Waals surface area contributed by atoms with E-state index in [9.17, 15) is 4.39 Å². The first kappa shape index (κ1) is 7.53. The smallest absolute Gasteiger partial charge is 0.0906 e. The Kier molecular flexibility index (Phi) is 2.12. The zero-order valence-corrected chi connectivity index (χ0v) is 6.85. The Hall–Kier alpha value is -0.110. The molecule has 0 bridgehead atoms. The van der Waals surface area contributed by atoms with Crippen molar-refractivity contribution in [2.45, 2.75) is 31.7 Å². The number of halogens is 1. The summed E-state index contributed by atoms with van der Waals surface area (Å²) >= 11 is 0. The van der Waals surface area contributed by atoms with Crippen LogP contribution in [0.3, 0.4) is 0 Å². The van der Waals surface area contributed by atoms with Gasteiger partial charge < -0.3 is 5.32 Å². The molecule has 1 N–H and O–H groups in total. The molecule has 0 aromatic heterocycles. The summed E-state index contributed by atoms with van der Waals surface area (Å²) in [5, 5.41) is 3.40. The Morgan fingerprint density at radius 3 is 2.55 bits per heavy atom. The summed E-state index contributed by atoms with van der Waals surface area (Å²) in [5.74, 6) is 2.08. The third-order valence-electron chi connectivity index (χ3n) is 2.99. The predicted octanol–water partition coefficient (Wildman–Crippen LogP) is 1.73. The van der Waals surface area contributed by atoms with Crippen molar-refractivity contribution >= 4 is 0 Å². The number of alkyl halides is 1. The molecule has 2 rings (SSSR count). The van der Waals surface area contributed by atoms with Gasteiger partial charge in [0.05, 0.1) is 6.67 Å². The Morgan fingerprint density at radius 1 is 1.18 bits per heavy atom. The van der Waals surface area contributed by atoms with Crippen molar-refractivity contribution in [3.8, 4) is 0 Å². The molecule has 2 heteroatoms. The molecule has 0 saturated heterocycles. The summed E-state index contributed by atoms with van der Waals surface area (Å²) in [6.45, 7) is 0.702. The predicted molar refractivity (Wildman–Crippen MR) is 43.2 cm³/mol. The van der Waals surface area contributed by atoms with Gasteiger partial charge in [-0.15, -0.1) is 0 Å². The van der Waals surface area contributed by atoms with Crippen LogP contribution in [0.4, 0.5) is 4.39 Å². The van der Waals surface area contributed by atoms with Crippen LogP contribution in [0.2, 0.25) is 0 Å². The van der Waals surface area contributed by atoms with E-state index in [0.717, 1.165) is 24.4 Å². The van der Waals surface area contributed by atoms with Gasteiger partial charge in [0.25, 0.3) is 0 Å². The van der Waals surface area contributed by atoms with Crippen LogP contribution >= 0.6 is 0 Å². The lowest BCUT2D eigenvalue weighted by molar-refractivity contribution is 0.424. The highest BCUT2D eigenvalue weighted by Gasteiger charge is 2.45. The van der Waals surface area contributed by atoms with E-state index < -0.39 is 0 Å². The molecule has 0 heterocycles. The Bertz CT molecular complexity index is 128. The molecular weight excluding hydrogens is 141 g/mol. The zero-order chi connectivity index (χ0) is 7.68. The summed E-state index contributed by atoms with van der Waals surface area (Å²) in [6, 6.07) is 0.727. The van der Waals surface area contributed by atoms with E-state index >= 15 is 0 Å². The molecule has 0 spiro atoms. The van der Waals surface area contributed by atoms with Gasteiger partial charge in [-0.3, -0.25) is 4.39 Å². The fourth-order valence-electron chi connectivity index (χ4n) is 2.25. The Morgan fingerprint density at radius 2 is 1.91 bits per heavy atom. The minimum atomic E-state index is -0.174. The summed E-state index contributed by atoms with van der Waals surface area (Å²) in [5.41, 5.74) is 0. The van der Waals surface area contributed by atoms with Gasteiger partial charge in [-0.2, -0.15) is 0 Å². The molecule has 0 aliphatic heterocycles. The summed E-state index contributed by atoms with van der Waals surface area (Å²) in [4.78, 5) is 0. The van der Waals surface area contributed by atoms with Gasteiger partial charge in [0.1, 0.15) is 0 Å². The standard InChI is InChI=1S/C9H16FN/c10-2-1-3-11-9-5-7-4-8(7)6-9/h7-9,11H,1-6H2. The molecule has 1 nitrogen and oxygen atoms in total. The van der Waals surface area contributed by atoms with Crippen LogP contribution in [0.5, 0.6) is 0 Å². The van der Waals surface area contributed by atoms with E-state index in [0.29, 0.717) is 6.42 Å². The topological polar surface area (TPSA) is 12.0 Å². The highest BCUT2D eigenvalue weighted by atomic mass is 19.1. The summed E-state index contributed by atoms with van der Waals surface area (Å²) < 4.78 is 11.7. The minimum absolute atomic E-state index is 0.174. The maximum atomic E-state index is 11.7. The van der Waals surface area contributed by atoms with Gasteiger partial charge in [0, 0.05) is 6.04 Å². The van der Waals surface area contributed by atoms with E-state index in [1.54, 1.807) is 0 Å². The first-order chi connectivity index (χ1) is 5.40. The van der Waals surface area contributed by atoms with Crippen molar-refractivity contribution in [1.29, 1.82) is 0 Å². The lowest BCUT2D eigenvalue weighted by atomic mass is 10.1. The summed E-state index contributed by atoms with van der Waals surface area (Å²) in [7, 11) is 0. The zero-order valence-electron chi connectivity index (χ0n) is 6.85. The first-order valence-electron chi connectivity index (χ1n) is 4.69. The van der Waals surface area contributed by atoms with Crippen LogP contribution in [0.1, 0.15) is 25.7 Å². The number of fused-ring (bicyclic) bond motifs is 1. The summed E-state index contributed by atoms with van der Waals surface area (Å²) in [6.07, 6.45) is 4.88. The normalized spacial score (nSPS) is 40.6. The van der Waals surface area contributed by atoms with Gasteiger partial charge in [-0.1, -0.05) is 0 Å². The monoisotopic (exact) mass is 157 g/mol. The van der Waals surface area contributed by atoms with Gasteiger partial charge >= 0.3 is 0 Å². The third-order valence-corrected chi connectivity index (χ3v) is 2.99. The van der Waals surface area contributed by atoms with E-state index in [1.165, 1.54) is 19.3 Å². The van der Waals surface area contributed by atoms with Crippen molar-refractivity contribution < 1.29 is 4.39 Å². The van der Waals surface area contributed by atoms with Crippen LogP contribution in [0.25, 0.3) is 0 Å². The van der Waals surface area contributed by atoms with Gasteiger partial charge in [0.15, 0.2) is 0 Å². The quantitative estimate of drug-likeness (QED) is 0.613. The number of rotatable bonds is 4. The maximum absolute atomic E-state index is 11.7. The van der Waals surface area contributed by atoms with Crippen molar-refractivity contribution in [2.24, 2.45) is 11.8 Å². The maximum Gasteiger partial charge on any atom is 0.0906 e. The molecule has 0 radical (unpaired) electrons. The lowest BCUT2D eigenvalue weighted by Gasteiger charge is -2.12. The molecular formula is C9H16FN. The molecule has 2 aliphatic carbocycles. The van der Waals surface area contributed by atoms with E-state index in [2.05, 4.69) is 5.32 Å². The van der Waals surface area contributed by atoms with Crippen molar-refractivity contribution in [3.05, 3.63) is 0 Å². The second-order valence-electron chi connectivity index (χ2n) is 3.92. The Balaban J connectivity index is 1.57. The largest absolute Gasteiger partial charge is 0.314 e. The van der Waals surface area contributed by atoms with E-state index in [4.69, 9.17) is 0 Å². The Labute approximate surface area is 67.4 Å². The highest BCUT2D eigenvalue weighted by molar-refractivity contribution is 4.98. The fourth-order valence-corrected chi connectivity index (χ4v) is 2.25. The SMILES string of the molecule is FCCCNC1CC2CC2C1. The molecule has 2 saturated carbocycles. The van der Waals surface area contributed by atoms with Crippen LogP contribution in [-0.4, -0.2) is 19.3 Å². The molecule has 2 unspecified atom stereocenters.